The Morgan fingerprint density at radius 2 is 1.70 bits per heavy atom. The first-order valence-corrected chi connectivity index (χ1v) is 11.6. The van der Waals surface area contributed by atoms with E-state index in [1.54, 1.807) is 0 Å². The molecule has 4 aromatic rings. The molecular weight excluding hydrogens is 412 g/mol. The Hall–Kier alpha value is -3.39. The summed E-state index contributed by atoms with van der Waals surface area (Å²) >= 11 is 0. The first kappa shape index (κ1) is 22.8. The molecule has 33 heavy (non-hydrogen) atoms. The van der Waals surface area contributed by atoms with E-state index in [4.69, 9.17) is 15.8 Å². The van der Waals surface area contributed by atoms with Crippen molar-refractivity contribution in [1.82, 2.24) is 35.4 Å². The van der Waals surface area contributed by atoms with Crippen LogP contribution in [0.2, 0.25) is 0 Å². The van der Waals surface area contributed by atoms with Gasteiger partial charge in [-0.05, 0) is 52.8 Å². The van der Waals surface area contributed by atoms with Crippen LogP contribution in [0.3, 0.4) is 0 Å². The van der Waals surface area contributed by atoms with Gasteiger partial charge in [0.2, 0.25) is 0 Å². The number of hydrogen-bond donors (Lipinski definition) is 2. The van der Waals surface area contributed by atoms with Gasteiger partial charge in [0.25, 0.3) is 0 Å². The number of hydrogen-bond acceptors (Lipinski definition) is 6. The number of nitrogens with two attached hydrogens (primary N) is 1. The third-order valence-corrected chi connectivity index (χ3v) is 5.69. The lowest BCUT2D eigenvalue weighted by molar-refractivity contribution is 0.546. The van der Waals surface area contributed by atoms with Crippen LogP contribution in [-0.2, 0) is 19.4 Å². The van der Waals surface area contributed by atoms with Crippen molar-refractivity contribution in [3.63, 3.8) is 0 Å². The molecule has 0 aliphatic heterocycles. The molecule has 4 rings (SSSR count). The first-order valence-electron chi connectivity index (χ1n) is 11.6. The van der Waals surface area contributed by atoms with Crippen molar-refractivity contribution in [2.24, 2.45) is 11.7 Å². The molecule has 0 saturated heterocycles. The third-order valence-electron chi connectivity index (χ3n) is 5.69. The van der Waals surface area contributed by atoms with E-state index in [0.29, 0.717) is 18.3 Å². The largest absolute Gasteiger partial charge is 0.328 e. The van der Waals surface area contributed by atoms with Crippen molar-refractivity contribution in [3.8, 4) is 22.5 Å². The minimum atomic E-state index is 0.152. The smallest absolute Gasteiger partial charge is 0.180 e. The summed E-state index contributed by atoms with van der Waals surface area (Å²) < 4.78 is 2.06. The Balaban J connectivity index is 1.55. The number of H-pyrrole nitrogens is 1. The second-order valence-electron chi connectivity index (χ2n) is 9.04. The van der Waals surface area contributed by atoms with Gasteiger partial charge < -0.3 is 5.73 Å². The zero-order valence-corrected chi connectivity index (χ0v) is 19.6. The molecule has 3 N–H and O–H groups in total. The lowest BCUT2D eigenvalue weighted by Gasteiger charge is -2.10. The van der Waals surface area contributed by atoms with Crippen LogP contribution in [0.1, 0.15) is 50.8 Å². The van der Waals surface area contributed by atoms with E-state index in [0.717, 1.165) is 54.0 Å². The average Bonchev–Trinajstić information content (AvgIpc) is 3.47. The van der Waals surface area contributed by atoms with Gasteiger partial charge in [-0.15, -0.1) is 5.10 Å². The highest BCUT2D eigenvalue weighted by molar-refractivity contribution is 5.80. The number of benzene rings is 2. The molecule has 2 aromatic carbocycles. The Morgan fingerprint density at radius 1 is 0.939 bits per heavy atom. The molecule has 1 unspecified atom stereocenters. The zero-order chi connectivity index (χ0) is 23.2. The fraction of sp³-hybridized carbons (Fsp3) is 0.400. The maximum Gasteiger partial charge on any atom is 0.180 e. The van der Waals surface area contributed by atoms with E-state index < -0.39 is 0 Å². The summed E-state index contributed by atoms with van der Waals surface area (Å²) in [5.41, 5.74) is 10.3. The maximum atomic E-state index is 5.94. The van der Waals surface area contributed by atoms with Crippen molar-refractivity contribution >= 4 is 0 Å². The van der Waals surface area contributed by atoms with E-state index >= 15 is 0 Å². The molecule has 0 bridgehead atoms. The van der Waals surface area contributed by atoms with Crippen LogP contribution in [0.25, 0.3) is 22.5 Å². The first-order chi connectivity index (χ1) is 16.0. The highest BCUT2D eigenvalue weighted by Crippen LogP contribution is 2.29. The summed E-state index contributed by atoms with van der Waals surface area (Å²) in [5.74, 6) is 3.22. The Bertz CT molecular complexity index is 1140. The van der Waals surface area contributed by atoms with Gasteiger partial charge in [0.1, 0.15) is 5.82 Å². The van der Waals surface area contributed by atoms with Crippen molar-refractivity contribution in [1.29, 1.82) is 0 Å². The molecule has 1 atom stereocenters. The Labute approximate surface area is 194 Å². The average molecular weight is 445 g/mol. The zero-order valence-electron chi connectivity index (χ0n) is 19.6. The van der Waals surface area contributed by atoms with Crippen molar-refractivity contribution in [2.45, 2.75) is 59.0 Å². The molecule has 0 aliphatic carbocycles. The molecular formula is C25H32N8. The summed E-state index contributed by atoms with van der Waals surface area (Å²) in [7, 11) is 0. The van der Waals surface area contributed by atoms with Gasteiger partial charge in [0.15, 0.2) is 11.6 Å². The standard InChI is InChI=1S/C25H32N8/c1-17(2)8-15-24-27-23(14-9-18(3)26)30-33(24)16-19-10-12-20(13-11-19)21-6-4-5-7-22(21)25-28-31-32-29-25/h4-7,10-13,17-18H,8-9,14-16,26H2,1-3H3,(H,28,29,31,32). The van der Waals surface area contributed by atoms with E-state index in [1.807, 2.05) is 25.1 Å². The Kier molecular flexibility index (Phi) is 7.24. The van der Waals surface area contributed by atoms with Gasteiger partial charge in [-0.1, -0.05) is 62.4 Å². The second kappa shape index (κ2) is 10.5. The van der Waals surface area contributed by atoms with E-state index in [2.05, 4.69) is 69.5 Å². The molecule has 0 aliphatic rings. The number of rotatable bonds is 10. The normalized spacial score (nSPS) is 12.4. The number of aromatic nitrogens is 7. The highest BCUT2D eigenvalue weighted by atomic mass is 15.5. The lowest BCUT2D eigenvalue weighted by Crippen LogP contribution is -2.15. The molecule has 0 saturated carbocycles. The summed E-state index contributed by atoms with van der Waals surface area (Å²) in [6.07, 6.45) is 3.73. The molecule has 172 valence electrons. The van der Waals surface area contributed by atoms with Gasteiger partial charge in [-0.3, -0.25) is 0 Å². The summed E-state index contributed by atoms with van der Waals surface area (Å²) in [5, 5.41) is 19.2. The van der Waals surface area contributed by atoms with Crippen LogP contribution in [0.5, 0.6) is 0 Å². The summed E-state index contributed by atoms with van der Waals surface area (Å²) in [6.45, 7) is 7.20. The van der Waals surface area contributed by atoms with Crippen molar-refractivity contribution in [2.75, 3.05) is 0 Å². The minimum absolute atomic E-state index is 0.152. The fourth-order valence-electron chi connectivity index (χ4n) is 3.80. The molecule has 2 aromatic heterocycles. The highest BCUT2D eigenvalue weighted by Gasteiger charge is 2.13. The van der Waals surface area contributed by atoms with Gasteiger partial charge in [0, 0.05) is 24.4 Å². The van der Waals surface area contributed by atoms with Crippen LogP contribution in [0.15, 0.2) is 48.5 Å². The van der Waals surface area contributed by atoms with Crippen LogP contribution < -0.4 is 5.73 Å². The monoisotopic (exact) mass is 444 g/mol. The van der Waals surface area contributed by atoms with Gasteiger partial charge >= 0.3 is 0 Å². The maximum absolute atomic E-state index is 5.94. The predicted molar refractivity (Wildman–Crippen MR) is 129 cm³/mol. The minimum Gasteiger partial charge on any atom is -0.328 e. The summed E-state index contributed by atoms with van der Waals surface area (Å²) in [4.78, 5) is 4.83. The lowest BCUT2D eigenvalue weighted by atomic mass is 9.98. The molecule has 0 fully saturated rings. The van der Waals surface area contributed by atoms with Crippen molar-refractivity contribution in [3.05, 3.63) is 65.7 Å². The molecule has 8 heteroatoms. The molecule has 0 amide bonds. The van der Waals surface area contributed by atoms with Crippen LogP contribution in [-0.4, -0.2) is 41.4 Å². The molecule has 8 nitrogen and oxygen atoms in total. The van der Waals surface area contributed by atoms with E-state index in [1.165, 1.54) is 5.56 Å². The molecule has 2 heterocycles. The number of nitrogens with one attached hydrogen (secondary N) is 1. The number of aromatic amines is 1. The van der Waals surface area contributed by atoms with Crippen LogP contribution in [0.4, 0.5) is 0 Å². The number of aryl methyl sites for hydroxylation is 2. The quantitative estimate of drug-likeness (QED) is 0.382. The number of nitrogens with zero attached hydrogens (tertiary/aromatic N) is 6. The van der Waals surface area contributed by atoms with E-state index in [-0.39, 0.29) is 6.04 Å². The SMILES string of the molecule is CC(C)CCc1nc(CCC(C)N)nn1Cc1ccc(-c2ccccc2-c2nnn[nH]2)cc1. The Morgan fingerprint density at radius 3 is 2.36 bits per heavy atom. The van der Waals surface area contributed by atoms with Gasteiger partial charge in [0.05, 0.1) is 6.54 Å². The molecule has 0 radical (unpaired) electrons. The predicted octanol–water partition coefficient (Wildman–Crippen LogP) is 4.04. The van der Waals surface area contributed by atoms with Crippen molar-refractivity contribution < 1.29 is 0 Å². The second-order valence-corrected chi connectivity index (χ2v) is 9.04. The van der Waals surface area contributed by atoms with E-state index in [9.17, 15) is 0 Å². The van der Waals surface area contributed by atoms with Crippen LogP contribution >= 0.6 is 0 Å². The molecule has 0 spiro atoms. The van der Waals surface area contributed by atoms with Gasteiger partial charge in [-0.2, -0.15) is 5.10 Å². The third kappa shape index (κ3) is 5.90. The topological polar surface area (TPSA) is 111 Å². The number of tetrazole rings is 1. The summed E-state index contributed by atoms with van der Waals surface area (Å²) in [6, 6.07) is 16.8. The van der Waals surface area contributed by atoms with Crippen LogP contribution in [0, 0.1) is 5.92 Å². The van der Waals surface area contributed by atoms with Gasteiger partial charge in [-0.25, -0.2) is 14.8 Å². The fourth-order valence-corrected chi connectivity index (χ4v) is 3.80.